The van der Waals surface area contributed by atoms with Crippen molar-refractivity contribution in [2.45, 2.75) is 69.6 Å². The molecule has 4 nitrogen and oxygen atoms in total. The molecule has 0 unspecified atom stereocenters. The predicted molar refractivity (Wildman–Crippen MR) is 95.5 cm³/mol. The van der Waals surface area contributed by atoms with Gasteiger partial charge in [-0.3, -0.25) is 4.79 Å². The Kier molecular flexibility index (Phi) is 6.07. The summed E-state index contributed by atoms with van der Waals surface area (Å²) in [6, 6.07) is 6.61. The van der Waals surface area contributed by atoms with E-state index in [1.165, 1.54) is 37.8 Å². The molecule has 25 heavy (non-hydrogen) atoms. The molecule has 0 radical (unpaired) electrons. The molecule has 1 atom stereocenters. The number of hydrogen-bond donors (Lipinski definition) is 2. The quantitative estimate of drug-likeness (QED) is 0.805. The highest BCUT2D eigenvalue weighted by Crippen LogP contribution is 2.25. The average Bonchev–Trinajstić information content (AvgIpc) is 2.88. The number of nitrogens with zero attached hydrogens (tertiary/aromatic N) is 1. The fourth-order valence-corrected chi connectivity index (χ4v) is 3.99. The van der Waals surface area contributed by atoms with E-state index in [1.54, 1.807) is 17.0 Å². The standard InChI is InChI=1S/C20H29FN2O2/c21-17-10-8-16(9-11-17)14-23-13-5-12-20(25,19(23)24)15-22-18-6-3-1-2-4-7-18/h8-11,18,22,25H,1-7,12-15H2/t20-/m1/s1. The highest BCUT2D eigenvalue weighted by atomic mass is 19.1. The van der Waals surface area contributed by atoms with E-state index < -0.39 is 5.60 Å². The molecule has 2 aliphatic rings. The molecule has 1 aliphatic carbocycles. The lowest BCUT2D eigenvalue weighted by Gasteiger charge is -2.39. The zero-order valence-electron chi connectivity index (χ0n) is 14.8. The second-order valence-corrected chi connectivity index (χ2v) is 7.56. The van der Waals surface area contributed by atoms with E-state index in [-0.39, 0.29) is 11.7 Å². The van der Waals surface area contributed by atoms with Crippen molar-refractivity contribution in [3.63, 3.8) is 0 Å². The van der Waals surface area contributed by atoms with Crippen LogP contribution in [-0.4, -0.2) is 40.6 Å². The van der Waals surface area contributed by atoms with E-state index in [1.807, 2.05) is 0 Å². The Balaban J connectivity index is 1.58. The van der Waals surface area contributed by atoms with E-state index in [0.29, 0.717) is 32.1 Å². The summed E-state index contributed by atoms with van der Waals surface area (Å²) in [7, 11) is 0. The van der Waals surface area contributed by atoms with Gasteiger partial charge in [0.2, 0.25) is 0 Å². The first-order valence-electron chi connectivity index (χ1n) is 9.56. The Labute approximate surface area is 149 Å². The van der Waals surface area contributed by atoms with Crippen LogP contribution >= 0.6 is 0 Å². The van der Waals surface area contributed by atoms with E-state index >= 15 is 0 Å². The third-order valence-corrected chi connectivity index (χ3v) is 5.53. The van der Waals surface area contributed by atoms with Crippen LogP contribution < -0.4 is 5.32 Å². The molecule has 0 spiro atoms. The summed E-state index contributed by atoms with van der Waals surface area (Å²) >= 11 is 0. The molecule has 1 heterocycles. The van der Waals surface area contributed by atoms with Crippen molar-refractivity contribution >= 4 is 5.91 Å². The Hall–Kier alpha value is -1.46. The second kappa shape index (κ2) is 8.28. The van der Waals surface area contributed by atoms with Crippen LogP contribution in [0.3, 0.4) is 0 Å². The number of hydrogen-bond acceptors (Lipinski definition) is 3. The Bertz CT molecular complexity index is 570. The lowest BCUT2D eigenvalue weighted by Crippen LogP contribution is -2.58. The Morgan fingerprint density at radius 3 is 2.48 bits per heavy atom. The second-order valence-electron chi connectivity index (χ2n) is 7.56. The molecule has 5 heteroatoms. The van der Waals surface area contributed by atoms with Gasteiger partial charge in [-0.25, -0.2) is 4.39 Å². The van der Waals surface area contributed by atoms with Crippen LogP contribution in [0.2, 0.25) is 0 Å². The number of carbonyl (C=O) groups excluding carboxylic acids is 1. The summed E-state index contributed by atoms with van der Waals surface area (Å²) in [5.74, 6) is -0.484. The van der Waals surface area contributed by atoms with Gasteiger partial charge in [-0.2, -0.15) is 0 Å². The highest BCUT2D eigenvalue weighted by Gasteiger charge is 2.42. The normalized spacial score (nSPS) is 25.8. The summed E-state index contributed by atoms with van der Waals surface area (Å²) in [5, 5.41) is 14.4. The first-order chi connectivity index (χ1) is 12.1. The van der Waals surface area contributed by atoms with Crippen LogP contribution in [0.25, 0.3) is 0 Å². The van der Waals surface area contributed by atoms with Crippen molar-refractivity contribution in [1.29, 1.82) is 0 Å². The van der Waals surface area contributed by atoms with E-state index in [2.05, 4.69) is 5.32 Å². The molecule has 1 aliphatic heterocycles. The van der Waals surface area contributed by atoms with Crippen LogP contribution in [0.15, 0.2) is 24.3 Å². The van der Waals surface area contributed by atoms with Crippen LogP contribution in [0, 0.1) is 5.82 Å². The zero-order valence-corrected chi connectivity index (χ0v) is 14.8. The van der Waals surface area contributed by atoms with Gasteiger partial charge in [-0.1, -0.05) is 37.8 Å². The summed E-state index contributed by atoms with van der Waals surface area (Å²) in [6.45, 7) is 1.39. The first-order valence-corrected chi connectivity index (χ1v) is 9.56. The summed E-state index contributed by atoms with van der Waals surface area (Å²) < 4.78 is 13.0. The van der Waals surface area contributed by atoms with Gasteiger partial charge in [0, 0.05) is 25.7 Å². The predicted octanol–water partition coefficient (Wildman–Crippen LogP) is 2.99. The van der Waals surface area contributed by atoms with Crippen LogP contribution in [0.5, 0.6) is 0 Å². The number of carbonyl (C=O) groups is 1. The maximum atomic E-state index is 13.0. The molecule has 0 aromatic heterocycles. The minimum absolute atomic E-state index is 0.204. The first kappa shape index (κ1) is 18.3. The van der Waals surface area contributed by atoms with Crippen molar-refractivity contribution in [3.8, 4) is 0 Å². The van der Waals surface area contributed by atoms with Gasteiger partial charge in [0.1, 0.15) is 5.82 Å². The molecular weight excluding hydrogens is 319 g/mol. The zero-order chi connectivity index (χ0) is 17.7. The fourth-order valence-electron chi connectivity index (χ4n) is 3.99. The lowest BCUT2D eigenvalue weighted by molar-refractivity contribution is -0.157. The van der Waals surface area contributed by atoms with Crippen molar-refractivity contribution in [1.82, 2.24) is 10.2 Å². The SMILES string of the molecule is O=C1N(Cc2ccc(F)cc2)CCC[C@@]1(O)CNC1CCCCCC1. The van der Waals surface area contributed by atoms with E-state index in [9.17, 15) is 14.3 Å². The number of amides is 1. The molecule has 1 saturated heterocycles. The monoisotopic (exact) mass is 348 g/mol. The fraction of sp³-hybridized carbons (Fsp3) is 0.650. The number of likely N-dealkylation sites (tertiary alicyclic amines) is 1. The number of benzene rings is 1. The highest BCUT2D eigenvalue weighted by molar-refractivity contribution is 5.86. The Morgan fingerprint density at radius 1 is 1.12 bits per heavy atom. The summed E-state index contributed by atoms with van der Waals surface area (Å²) in [6.07, 6.45) is 8.56. The van der Waals surface area contributed by atoms with Gasteiger partial charge in [-0.15, -0.1) is 0 Å². The smallest absolute Gasteiger partial charge is 0.256 e. The van der Waals surface area contributed by atoms with E-state index in [4.69, 9.17) is 0 Å². The van der Waals surface area contributed by atoms with Gasteiger partial charge in [0.15, 0.2) is 5.60 Å². The van der Waals surface area contributed by atoms with Gasteiger partial charge in [-0.05, 0) is 43.4 Å². The third-order valence-electron chi connectivity index (χ3n) is 5.53. The molecule has 0 bridgehead atoms. The van der Waals surface area contributed by atoms with Crippen molar-refractivity contribution in [2.75, 3.05) is 13.1 Å². The molecule has 138 valence electrons. The van der Waals surface area contributed by atoms with Gasteiger partial charge in [0.25, 0.3) is 5.91 Å². The van der Waals surface area contributed by atoms with Gasteiger partial charge >= 0.3 is 0 Å². The molecule has 1 aromatic carbocycles. The molecular formula is C20H29FN2O2. The molecule has 1 aromatic rings. The topological polar surface area (TPSA) is 52.6 Å². The van der Waals surface area contributed by atoms with E-state index in [0.717, 1.165) is 24.8 Å². The minimum Gasteiger partial charge on any atom is -0.379 e. The van der Waals surface area contributed by atoms with Crippen molar-refractivity contribution in [2.24, 2.45) is 0 Å². The molecule has 1 saturated carbocycles. The van der Waals surface area contributed by atoms with Gasteiger partial charge in [0.05, 0.1) is 0 Å². The maximum absolute atomic E-state index is 13.0. The number of piperidine rings is 1. The van der Waals surface area contributed by atoms with Crippen molar-refractivity contribution < 1.29 is 14.3 Å². The molecule has 3 rings (SSSR count). The van der Waals surface area contributed by atoms with Crippen LogP contribution in [-0.2, 0) is 11.3 Å². The maximum Gasteiger partial charge on any atom is 0.256 e. The molecule has 2 fully saturated rings. The molecule has 2 N–H and O–H groups in total. The number of aliphatic hydroxyl groups is 1. The Morgan fingerprint density at radius 2 is 1.80 bits per heavy atom. The third kappa shape index (κ3) is 4.79. The minimum atomic E-state index is -1.31. The largest absolute Gasteiger partial charge is 0.379 e. The van der Waals surface area contributed by atoms with Gasteiger partial charge < -0.3 is 15.3 Å². The van der Waals surface area contributed by atoms with Crippen molar-refractivity contribution in [3.05, 3.63) is 35.6 Å². The summed E-state index contributed by atoms with van der Waals surface area (Å²) in [5.41, 5.74) is -0.430. The summed E-state index contributed by atoms with van der Waals surface area (Å²) in [4.78, 5) is 14.5. The number of halogens is 1. The lowest BCUT2D eigenvalue weighted by atomic mass is 9.90. The molecule has 1 amide bonds. The van der Waals surface area contributed by atoms with Crippen LogP contribution in [0.1, 0.15) is 56.9 Å². The average molecular weight is 348 g/mol. The van der Waals surface area contributed by atoms with Crippen LogP contribution in [0.4, 0.5) is 4.39 Å². The number of rotatable bonds is 5. The number of nitrogens with one attached hydrogen (secondary N) is 1.